The summed E-state index contributed by atoms with van der Waals surface area (Å²) in [6.07, 6.45) is 0. The Balaban J connectivity index is 1.08. The molecule has 12 aromatic rings. The Hall–Kier alpha value is -6.82. The number of para-hydroxylation sites is 3. The summed E-state index contributed by atoms with van der Waals surface area (Å²) in [6, 6.07) is 57.7. The van der Waals surface area contributed by atoms with Gasteiger partial charge in [0, 0.05) is 75.1 Å². The fraction of sp³-hybridized carbons (Fsp3) is 0. The SMILES string of the molecule is c1cc(-c2cccc3c2oc2ccc4sc5ccccc5c4c23)cc(N(c2ccc3oc4ccccc4c3c2)c2ccc3oc4ccccc4c3c2)c1. The summed E-state index contributed by atoms with van der Waals surface area (Å²) >= 11 is 1.83. The topological polar surface area (TPSA) is 42.7 Å². The highest BCUT2D eigenvalue weighted by Gasteiger charge is 2.21. The zero-order valence-electron chi connectivity index (χ0n) is 28.2. The largest absolute Gasteiger partial charge is 0.456 e. The molecule has 0 aliphatic heterocycles. The summed E-state index contributed by atoms with van der Waals surface area (Å²) in [4.78, 5) is 2.33. The summed E-state index contributed by atoms with van der Waals surface area (Å²) in [5.41, 5.74) is 10.5. The van der Waals surface area contributed by atoms with E-state index in [1.165, 1.54) is 25.6 Å². The minimum Gasteiger partial charge on any atom is -0.456 e. The Morgan fingerprint density at radius 3 is 1.68 bits per heavy atom. The first kappa shape index (κ1) is 28.8. The van der Waals surface area contributed by atoms with Gasteiger partial charge in [-0.15, -0.1) is 11.3 Å². The number of fused-ring (bicyclic) bond motifs is 13. The van der Waals surface area contributed by atoms with Crippen LogP contribution < -0.4 is 4.90 Å². The third-order valence-corrected chi connectivity index (χ3v) is 11.8. The van der Waals surface area contributed by atoms with Crippen LogP contribution in [-0.2, 0) is 0 Å². The van der Waals surface area contributed by atoms with Crippen LogP contribution in [0.15, 0.2) is 177 Å². The first-order chi connectivity index (χ1) is 26.2. The molecule has 0 N–H and O–H groups in total. The Morgan fingerprint density at radius 2 is 0.943 bits per heavy atom. The molecule has 0 aliphatic carbocycles. The average Bonchev–Trinajstić information content (AvgIpc) is 3.97. The van der Waals surface area contributed by atoms with Gasteiger partial charge in [-0.05, 0) is 84.4 Å². The van der Waals surface area contributed by atoms with Gasteiger partial charge in [0.1, 0.15) is 33.5 Å². The van der Waals surface area contributed by atoms with Gasteiger partial charge < -0.3 is 18.2 Å². The van der Waals surface area contributed by atoms with Crippen LogP contribution in [0.3, 0.4) is 0 Å². The molecule has 0 atom stereocenters. The molecule has 0 saturated heterocycles. The summed E-state index contributed by atoms with van der Waals surface area (Å²) in [5, 5.41) is 9.19. The minimum absolute atomic E-state index is 0.865. The van der Waals surface area contributed by atoms with Crippen molar-refractivity contribution in [3.63, 3.8) is 0 Å². The van der Waals surface area contributed by atoms with Gasteiger partial charge in [-0.2, -0.15) is 0 Å². The maximum Gasteiger partial charge on any atom is 0.143 e. The van der Waals surface area contributed by atoms with Crippen LogP contribution in [0.5, 0.6) is 0 Å². The van der Waals surface area contributed by atoms with E-state index in [1.807, 2.05) is 35.6 Å². The van der Waals surface area contributed by atoms with Gasteiger partial charge in [0.2, 0.25) is 0 Å². The zero-order valence-corrected chi connectivity index (χ0v) is 29.0. The predicted octanol–water partition coefficient (Wildman–Crippen LogP) is 14.9. The molecular weight excluding hydrogens is 671 g/mol. The third-order valence-electron chi connectivity index (χ3n) is 10.7. The van der Waals surface area contributed by atoms with Crippen LogP contribution in [-0.4, -0.2) is 0 Å². The van der Waals surface area contributed by atoms with Crippen molar-refractivity contribution in [2.24, 2.45) is 0 Å². The van der Waals surface area contributed by atoms with Gasteiger partial charge in [0.05, 0.1) is 0 Å². The third kappa shape index (κ3) is 4.23. The zero-order chi connectivity index (χ0) is 34.6. The van der Waals surface area contributed by atoms with Gasteiger partial charge in [0.15, 0.2) is 0 Å². The molecular formula is C48H27NO3S. The summed E-state index contributed by atoms with van der Waals surface area (Å²) in [7, 11) is 0. The fourth-order valence-electron chi connectivity index (χ4n) is 8.30. The van der Waals surface area contributed by atoms with Crippen molar-refractivity contribution in [3.05, 3.63) is 164 Å². The molecule has 5 heteroatoms. The van der Waals surface area contributed by atoms with Crippen molar-refractivity contribution < 1.29 is 13.3 Å². The number of anilines is 3. The van der Waals surface area contributed by atoms with Crippen molar-refractivity contribution in [2.75, 3.05) is 4.90 Å². The van der Waals surface area contributed by atoms with Gasteiger partial charge in [-0.3, -0.25) is 0 Å². The standard InChI is InChI=1S/C48H27NO3S/c1-4-16-39-33(11-1)37-26-30(19-21-41(37)50-39)49(31-20-22-42-38(27-31)34-12-2-5-17-40(34)51-42)29-10-7-9-28(25-29)32-14-8-15-36-46-43(52-48(32)36)23-24-45-47(46)35-13-3-6-18-44(35)53-45/h1-27H. The number of benzene rings is 8. The Labute approximate surface area is 306 Å². The smallest absolute Gasteiger partial charge is 0.143 e. The van der Waals surface area contributed by atoms with E-state index in [-0.39, 0.29) is 0 Å². The highest BCUT2D eigenvalue weighted by Crippen LogP contribution is 2.46. The Bertz CT molecular complexity index is 3320. The molecule has 8 aromatic carbocycles. The van der Waals surface area contributed by atoms with E-state index in [1.54, 1.807) is 0 Å². The Kier molecular flexibility index (Phi) is 5.90. The number of hydrogen-bond donors (Lipinski definition) is 0. The lowest BCUT2D eigenvalue weighted by Gasteiger charge is -2.26. The first-order valence-corrected chi connectivity index (χ1v) is 18.6. The second kappa shape index (κ2) is 10.8. The molecule has 4 aromatic heterocycles. The van der Waals surface area contributed by atoms with Gasteiger partial charge in [-0.25, -0.2) is 0 Å². The lowest BCUT2D eigenvalue weighted by Crippen LogP contribution is -2.10. The monoisotopic (exact) mass is 697 g/mol. The molecule has 0 radical (unpaired) electrons. The quantitative estimate of drug-likeness (QED) is 0.184. The molecule has 4 nitrogen and oxygen atoms in total. The van der Waals surface area contributed by atoms with Crippen LogP contribution in [0.4, 0.5) is 17.1 Å². The van der Waals surface area contributed by atoms with Crippen molar-refractivity contribution in [3.8, 4) is 11.1 Å². The Morgan fingerprint density at radius 1 is 0.358 bits per heavy atom. The van der Waals surface area contributed by atoms with E-state index in [0.29, 0.717) is 0 Å². The normalized spacial score (nSPS) is 12.2. The van der Waals surface area contributed by atoms with Crippen molar-refractivity contribution >= 4 is 114 Å². The van der Waals surface area contributed by atoms with Crippen molar-refractivity contribution in [1.82, 2.24) is 0 Å². The van der Waals surface area contributed by atoms with E-state index in [9.17, 15) is 0 Å². The molecule has 0 aliphatic rings. The highest BCUT2D eigenvalue weighted by molar-refractivity contribution is 7.26. The first-order valence-electron chi connectivity index (χ1n) is 17.7. The molecule has 0 amide bonds. The predicted molar refractivity (Wildman–Crippen MR) is 221 cm³/mol. The fourth-order valence-corrected chi connectivity index (χ4v) is 9.41. The van der Waals surface area contributed by atoms with Crippen LogP contribution in [0.2, 0.25) is 0 Å². The van der Waals surface area contributed by atoms with Crippen molar-refractivity contribution in [2.45, 2.75) is 0 Å². The molecule has 0 saturated carbocycles. The van der Waals surface area contributed by atoms with Crippen LogP contribution >= 0.6 is 11.3 Å². The van der Waals surface area contributed by atoms with E-state index >= 15 is 0 Å². The van der Waals surface area contributed by atoms with Gasteiger partial charge >= 0.3 is 0 Å². The molecule has 0 spiro atoms. The molecule has 53 heavy (non-hydrogen) atoms. The minimum atomic E-state index is 0.865. The van der Waals surface area contributed by atoms with Crippen molar-refractivity contribution in [1.29, 1.82) is 0 Å². The molecule has 0 fully saturated rings. The maximum atomic E-state index is 6.76. The highest BCUT2D eigenvalue weighted by atomic mass is 32.1. The number of hydrogen-bond acceptors (Lipinski definition) is 5. The lowest BCUT2D eigenvalue weighted by molar-refractivity contribution is 0.668. The maximum absolute atomic E-state index is 6.76. The van der Waals surface area contributed by atoms with Crippen LogP contribution in [0.25, 0.3) is 97.1 Å². The molecule has 4 heterocycles. The summed E-state index contributed by atoms with van der Waals surface area (Å²) in [6.45, 7) is 0. The number of rotatable bonds is 4. The molecule has 0 unspecified atom stereocenters. The van der Waals surface area contributed by atoms with Gasteiger partial charge in [0.25, 0.3) is 0 Å². The van der Waals surface area contributed by atoms with E-state index < -0.39 is 0 Å². The number of furan rings is 3. The van der Waals surface area contributed by atoms with Crippen LogP contribution in [0, 0.1) is 0 Å². The average molecular weight is 698 g/mol. The van der Waals surface area contributed by atoms with E-state index in [0.717, 1.165) is 88.6 Å². The molecule has 248 valence electrons. The number of nitrogens with zero attached hydrogens (tertiary/aromatic N) is 1. The van der Waals surface area contributed by atoms with Gasteiger partial charge in [-0.1, -0.05) is 84.9 Å². The lowest BCUT2D eigenvalue weighted by atomic mass is 9.99. The summed E-state index contributed by atoms with van der Waals surface area (Å²) in [5.74, 6) is 0. The van der Waals surface area contributed by atoms with E-state index in [4.69, 9.17) is 13.3 Å². The number of thiophene rings is 1. The molecule has 12 rings (SSSR count). The van der Waals surface area contributed by atoms with E-state index in [2.05, 4.69) is 144 Å². The second-order valence-corrected chi connectivity index (χ2v) is 14.7. The summed E-state index contributed by atoms with van der Waals surface area (Å²) < 4.78 is 21.8. The second-order valence-electron chi connectivity index (χ2n) is 13.6. The molecule has 0 bridgehead atoms. The van der Waals surface area contributed by atoms with Crippen LogP contribution in [0.1, 0.15) is 0 Å².